The van der Waals surface area contributed by atoms with Gasteiger partial charge in [-0.1, -0.05) is 0 Å². The largest absolute Gasteiger partial charge is 0.481 e. The minimum absolute atomic E-state index is 0.191. The Morgan fingerprint density at radius 1 is 1.26 bits per heavy atom. The van der Waals surface area contributed by atoms with E-state index in [-0.39, 0.29) is 18.5 Å². The monoisotopic (exact) mass is 272 g/mol. The van der Waals surface area contributed by atoms with E-state index in [9.17, 15) is 14.7 Å². The van der Waals surface area contributed by atoms with Gasteiger partial charge in [-0.25, -0.2) is 0 Å². The zero-order valence-electron chi connectivity index (χ0n) is 12.2. The molecule has 0 radical (unpaired) electrons. The molecule has 1 saturated carbocycles. The molecule has 0 spiro atoms. The first-order chi connectivity index (χ1) is 8.70. The van der Waals surface area contributed by atoms with E-state index in [1.165, 1.54) is 7.11 Å². The number of esters is 1. The Kier molecular flexibility index (Phi) is 4.96. The number of aliphatic carboxylic acids is 1. The molecule has 0 unspecified atom stereocenters. The van der Waals surface area contributed by atoms with E-state index in [4.69, 9.17) is 9.47 Å². The fourth-order valence-electron chi connectivity index (χ4n) is 2.49. The van der Waals surface area contributed by atoms with Crippen molar-refractivity contribution in [3.05, 3.63) is 0 Å². The molecule has 1 rings (SSSR count). The van der Waals surface area contributed by atoms with Gasteiger partial charge in [-0.2, -0.15) is 0 Å². The summed E-state index contributed by atoms with van der Waals surface area (Å²) in [6.45, 7) is 5.70. The molecule has 1 aliphatic rings. The normalized spacial score (nSPS) is 27.9. The Labute approximate surface area is 114 Å². The zero-order chi connectivity index (χ0) is 14.7. The van der Waals surface area contributed by atoms with Crippen LogP contribution in [0.3, 0.4) is 0 Å². The Morgan fingerprint density at radius 3 is 2.16 bits per heavy atom. The average Bonchev–Trinajstić information content (AvgIpc) is 2.27. The van der Waals surface area contributed by atoms with Crippen molar-refractivity contribution in [1.29, 1.82) is 0 Å². The summed E-state index contributed by atoms with van der Waals surface area (Å²) in [6.07, 6.45) is 2.01. The summed E-state index contributed by atoms with van der Waals surface area (Å²) in [6, 6.07) is 0. The van der Waals surface area contributed by atoms with Crippen LogP contribution in [0.25, 0.3) is 0 Å². The lowest BCUT2D eigenvalue weighted by Crippen LogP contribution is -2.41. The molecule has 1 fully saturated rings. The smallest absolute Gasteiger partial charge is 0.311 e. The third-order valence-electron chi connectivity index (χ3n) is 3.56. The minimum atomic E-state index is -0.840. The lowest BCUT2D eigenvalue weighted by atomic mass is 9.71. The van der Waals surface area contributed by atoms with E-state index in [0.717, 1.165) is 0 Å². The number of methoxy groups -OCH3 is 1. The molecule has 1 aliphatic carbocycles. The molecule has 0 aromatic rings. The third-order valence-corrected chi connectivity index (χ3v) is 3.56. The van der Waals surface area contributed by atoms with Gasteiger partial charge in [0.2, 0.25) is 0 Å². The summed E-state index contributed by atoms with van der Waals surface area (Å²) in [5.74, 6) is -1.25. The van der Waals surface area contributed by atoms with Crippen LogP contribution in [-0.2, 0) is 19.1 Å². The molecule has 0 aromatic heterocycles. The summed E-state index contributed by atoms with van der Waals surface area (Å²) >= 11 is 0. The molecule has 0 heterocycles. The van der Waals surface area contributed by atoms with Gasteiger partial charge in [0.05, 0.1) is 17.9 Å². The van der Waals surface area contributed by atoms with Crippen molar-refractivity contribution in [2.75, 3.05) is 13.7 Å². The fraction of sp³-hybridized carbons (Fsp3) is 0.857. The van der Waals surface area contributed by atoms with E-state index >= 15 is 0 Å². The third kappa shape index (κ3) is 4.20. The molecule has 0 bridgehead atoms. The van der Waals surface area contributed by atoms with Gasteiger partial charge in [0.1, 0.15) is 5.60 Å². The van der Waals surface area contributed by atoms with Gasteiger partial charge in [-0.15, -0.1) is 0 Å². The van der Waals surface area contributed by atoms with Crippen molar-refractivity contribution in [2.24, 2.45) is 11.3 Å². The Morgan fingerprint density at radius 2 is 1.79 bits per heavy atom. The fourth-order valence-corrected chi connectivity index (χ4v) is 2.49. The van der Waals surface area contributed by atoms with Crippen LogP contribution < -0.4 is 0 Å². The van der Waals surface area contributed by atoms with Crippen LogP contribution in [-0.4, -0.2) is 36.4 Å². The molecule has 0 aromatic carbocycles. The van der Waals surface area contributed by atoms with E-state index in [0.29, 0.717) is 25.7 Å². The van der Waals surface area contributed by atoms with Crippen LogP contribution in [0.15, 0.2) is 0 Å². The number of carboxylic acid groups (broad SMARTS) is 1. The highest BCUT2D eigenvalue weighted by Gasteiger charge is 2.44. The number of hydrogen-bond donors (Lipinski definition) is 1. The highest BCUT2D eigenvalue weighted by Crippen LogP contribution is 2.40. The highest BCUT2D eigenvalue weighted by atomic mass is 16.6. The lowest BCUT2D eigenvalue weighted by molar-refractivity contribution is -0.167. The summed E-state index contributed by atoms with van der Waals surface area (Å²) in [7, 11) is 1.50. The van der Waals surface area contributed by atoms with Crippen molar-refractivity contribution in [3.8, 4) is 0 Å². The van der Waals surface area contributed by atoms with Crippen LogP contribution in [0, 0.1) is 11.3 Å². The van der Waals surface area contributed by atoms with E-state index in [2.05, 4.69) is 0 Å². The Bertz CT molecular complexity index is 334. The first-order valence-electron chi connectivity index (χ1n) is 6.65. The zero-order valence-corrected chi connectivity index (χ0v) is 12.2. The van der Waals surface area contributed by atoms with Gasteiger partial charge in [-0.05, 0) is 46.5 Å². The number of carbonyl (C=O) groups excluding carboxylic acids is 1. The predicted octanol–water partition coefficient (Wildman–Crippen LogP) is 2.24. The number of carboxylic acids is 1. The van der Waals surface area contributed by atoms with Crippen molar-refractivity contribution in [3.63, 3.8) is 0 Å². The Hall–Kier alpha value is -1.10. The van der Waals surface area contributed by atoms with Crippen molar-refractivity contribution < 1.29 is 24.2 Å². The van der Waals surface area contributed by atoms with Crippen molar-refractivity contribution in [1.82, 2.24) is 0 Å². The summed E-state index contributed by atoms with van der Waals surface area (Å²) in [4.78, 5) is 23.3. The first-order valence-corrected chi connectivity index (χ1v) is 6.65. The maximum Gasteiger partial charge on any atom is 0.311 e. The minimum Gasteiger partial charge on any atom is -0.481 e. The van der Waals surface area contributed by atoms with E-state index in [1.54, 1.807) is 0 Å². The molecular formula is C14H24O5. The molecule has 19 heavy (non-hydrogen) atoms. The SMILES string of the molecule is COCC1(C(=O)O)CCC(C(=O)OC(C)(C)C)CC1. The van der Waals surface area contributed by atoms with Crippen LogP contribution in [0.5, 0.6) is 0 Å². The first kappa shape index (κ1) is 16.0. The van der Waals surface area contributed by atoms with Gasteiger partial charge in [0.25, 0.3) is 0 Å². The average molecular weight is 272 g/mol. The standard InChI is InChI=1S/C14H24O5/c1-13(2,3)19-11(15)10-5-7-14(8-6-10,9-18-4)12(16)17/h10H,5-9H2,1-4H3,(H,16,17). The molecule has 0 atom stereocenters. The van der Waals surface area contributed by atoms with Crippen molar-refractivity contribution >= 4 is 11.9 Å². The van der Waals surface area contributed by atoms with Crippen LogP contribution in [0.2, 0.25) is 0 Å². The number of hydrogen-bond acceptors (Lipinski definition) is 4. The summed E-state index contributed by atoms with van der Waals surface area (Å²) in [5.41, 5.74) is -1.34. The van der Waals surface area contributed by atoms with Crippen molar-refractivity contribution in [2.45, 2.75) is 52.1 Å². The second-order valence-corrected chi connectivity index (χ2v) is 6.33. The van der Waals surface area contributed by atoms with Gasteiger partial charge < -0.3 is 14.6 Å². The van der Waals surface area contributed by atoms with Crippen LogP contribution in [0.4, 0.5) is 0 Å². The summed E-state index contributed by atoms with van der Waals surface area (Å²) in [5, 5.41) is 9.34. The molecule has 110 valence electrons. The van der Waals surface area contributed by atoms with Gasteiger partial charge in [-0.3, -0.25) is 9.59 Å². The maximum absolute atomic E-state index is 12.0. The van der Waals surface area contributed by atoms with Gasteiger partial charge >= 0.3 is 11.9 Å². The second-order valence-electron chi connectivity index (χ2n) is 6.33. The molecule has 0 aliphatic heterocycles. The maximum atomic E-state index is 12.0. The number of ether oxygens (including phenoxy) is 2. The second kappa shape index (κ2) is 5.90. The number of rotatable bonds is 4. The quantitative estimate of drug-likeness (QED) is 0.794. The topological polar surface area (TPSA) is 72.8 Å². The highest BCUT2D eigenvalue weighted by molar-refractivity contribution is 5.77. The molecule has 5 heteroatoms. The van der Waals surface area contributed by atoms with E-state index < -0.39 is 17.0 Å². The van der Waals surface area contributed by atoms with Gasteiger partial charge in [0.15, 0.2) is 0 Å². The van der Waals surface area contributed by atoms with Crippen LogP contribution >= 0.6 is 0 Å². The van der Waals surface area contributed by atoms with Crippen LogP contribution in [0.1, 0.15) is 46.5 Å². The van der Waals surface area contributed by atoms with Gasteiger partial charge in [0, 0.05) is 7.11 Å². The molecule has 0 amide bonds. The molecule has 5 nitrogen and oxygen atoms in total. The summed E-state index contributed by atoms with van der Waals surface area (Å²) < 4.78 is 10.4. The molecule has 1 N–H and O–H groups in total. The van der Waals surface area contributed by atoms with E-state index in [1.807, 2.05) is 20.8 Å². The predicted molar refractivity (Wildman–Crippen MR) is 69.7 cm³/mol. The molecular weight excluding hydrogens is 248 g/mol. The Balaban J connectivity index is 2.61. The lowest BCUT2D eigenvalue weighted by Gasteiger charge is -2.36. The molecule has 0 saturated heterocycles. The number of carbonyl (C=O) groups is 2.